The minimum absolute atomic E-state index is 0.0197. The van der Waals surface area contributed by atoms with Gasteiger partial charge in [-0.15, -0.1) is 0 Å². The Hall–Kier alpha value is -3.59. The van der Waals surface area contributed by atoms with Gasteiger partial charge in [-0.2, -0.15) is 5.26 Å². The van der Waals surface area contributed by atoms with Crippen molar-refractivity contribution in [2.24, 2.45) is 22.4 Å². The minimum Gasteiger partial charge on any atom is -0.386 e. The SMILES string of the molecule is CC(C)CC(c1ccc(CC(=O)C(=O)CON=C(C#N)c2ccc(C=O)cc2)cc1)C(C)C(C)(C)C. The van der Waals surface area contributed by atoms with Gasteiger partial charge < -0.3 is 4.84 Å². The number of oxime groups is 1. The van der Waals surface area contributed by atoms with E-state index in [4.69, 9.17) is 4.84 Å². The van der Waals surface area contributed by atoms with Gasteiger partial charge in [0.2, 0.25) is 11.6 Å². The van der Waals surface area contributed by atoms with Crippen LogP contribution in [-0.2, 0) is 20.8 Å². The van der Waals surface area contributed by atoms with E-state index in [-0.39, 0.29) is 17.5 Å². The van der Waals surface area contributed by atoms with E-state index >= 15 is 0 Å². The number of Topliss-reactive ketones (excluding diaryl/α,β-unsaturated/α-hetero) is 2. The van der Waals surface area contributed by atoms with Crippen molar-refractivity contribution in [1.82, 2.24) is 0 Å². The molecule has 2 atom stereocenters. The first kappa shape index (κ1) is 28.6. The second-order valence-electron chi connectivity index (χ2n) is 10.7. The molecule has 0 N–H and O–H groups in total. The summed E-state index contributed by atoms with van der Waals surface area (Å²) < 4.78 is 0. The standard InChI is InChI=1S/C30H36N2O4/c1-20(2)15-26(21(3)30(4,5)6)24-11-7-22(8-12-24)16-28(34)29(35)19-36-32-27(17-31)25-13-9-23(18-33)10-14-25/h7-14,18,20-21,26H,15-16,19H2,1-6H3. The first-order valence-corrected chi connectivity index (χ1v) is 12.3. The summed E-state index contributed by atoms with van der Waals surface area (Å²) in [6, 6.07) is 16.1. The van der Waals surface area contributed by atoms with Crippen molar-refractivity contribution >= 4 is 23.6 Å². The molecule has 6 nitrogen and oxygen atoms in total. The Morgan fingerprint density at radius 3 is 2.11 bits per heavy atom. The first-order valence-electron chi connectivity index (χ1n) is 12.3. The molecule has 2 rings (SSSR count). The van der Waals surface area contributed by atoms with E-state index in [0.717, 1.165) is 12.0 Å². The fraction of sp³-hybridized carbons (Fsp3) is 0.433. The number of aldehydes is 1. The summed E-state index contributed by atoms with van der Waals surface area (Å²) in [5.74, 6) is 0.169. The van der Waals surface area contributed by atoms with Crippen LogP contribution >= 0.6 is 0 Å². The Morgan fingerprint density at radius 1 is 1.00 bits per heavy atom. The average Bonchev–Trinajstić information content (AvgIpc) is 2.84. The zero-order chi connectivity index (χ0) is 26.9. The molecule has 190 valence electrons. The van der Waals surface area contributed by atoms with Crippen molar-refractivity contribution < 1.29 is 19.2 Å². The van der Waals surface area contributed by atoms with E-state index in [9.17, 15) is 19.6 Å². The molecule has 36 heavy (non-hydrogen) atoms. The molecule has 0 bridgehead atoms. The van der Waals surface area contributed by atoms with Crippen LogP contribution in [0.2, 0.25) is 0 Å². The molecule has 0 heterocycles. The van der Waals surface area contributed by atoms with Gasteiger partial charge in [0.1, 0.15) is 12.4 Å². The molecule has 0 saturated heterocycles. The number of hydrogen-bond acceptors (Lipinski definition) is 6. The van der Waals surface area contributed by atoms with Crippen LogP contribution in [0.5, 0.6) is 0 Å². The third kappa shape index (κ3) is 8.27. The summed E-state index contributed by atoms with van der Waals surface area (Å²) in [6.07, 6.45) is 1.75. The molecule has 6 heteroatoms. The normalized spacial score (nSPS) is 13.6. The van der Waals surface area contributed by atoms with Gasteiger partial charge in [-0.1, -0.05) is 95.2 Å². The molecule has 0 aromatic heterocycles. The van der Waals surface area contributed by atoms with Gasteiger partial charge in [0.05, 0.1) is 0 Å². The fourth-order valence-corrected chi connectivity index (χ4v) is 4.00. The molecule has 0 aliphatic carbocycles. The smallest absolute Gasteiger partial charge is 0.238 e. The zero-order valence-electron chi connectivity index (χ0n) is 22.1. The molecule has 2 aromatic rings. The fourth-order valence-electron chi connectivity index (χ4n) is 4.00. The van der Waals surface area contributed by atoms with Gasteiger partial charge in [-0.05, 0) is 40.7 Å². The van der Waals surface area contributed by atoms with Crippen molar-refractivity contribution in [1.29, 1.82) is 5.26 Å². The Balaban J connectivity index is 2.00. The molecular weight excluding hydrogens is 452 g/mol. The summed E-state index contributed by atoms with van der Waals surface area (Å²) in [5.41, 5.74) is 3.04. The highest BCUT2D eigenvalue weighted by molar-refractivity contribution is 6.38. The van der Waals surface area contributed by atoms with E-state index < -0.39 is 18.2 Å². The van der Waals surface area contributed by atoms with Gasteiger partial charge in [-0.25, -0.2) is 0 Å². The largest absolute Gasteiger partial charge is 0.386 e. The lowest BCUT2D eigenvalue weighted by molar-refractivity contribution is -0.138. The van der Waals surface area contributed by atoms with Gasteiger partial charge in [0, 0.05) is 17.5 Å². The van der Waals surface area contributed by atoms with E-state index in [0.29, 0.717) is 35.2 Å². The van der Waals surface area contributed by atoms with E-state index in [1.54, 1.807) is 24.3 Å². The maximum absolute atomic E-state index is 12.4. The number of nitriles is 1. The third-order valence-corrected chi connectivity index (χ3v) is 6.56. The van der Waals surface area contributed by atoms with Crippen molar-refractivity contribution in [2.45, 2.75) is 60.3 Å². The van der Waals surface area contributed by atoms with Crippen molar-refractivity contribution in [3.63, 3.8) is 0 Å². The lowest BCUT2D eigenvalue weighted by Gasteiger charge is -2.36. The third-order valence-electron chi connectivity index (χ3n) is 6.56. The highest BCUT2D eigenvalue weighted by atomic mass is 16.6. The summed E-state index contributed by atoms with van der Waals surface area (Å²) in [4.78, 5) is 40.4. The predicted molar refractivity (Wildman–Crippen MR) is 141 cm³/mol. The Kier molecular flexibility index (Phi) is 10.3. The van der Waals surface area contributed by atoms with Crippen LogP contribution in [0, 0.1) is 28.6 Å². The number of carbonyl (C=O) groups is 3. The molecule has 0 radical (unpaired) electrons. The second-order valence-corrected chi connectivity index (χ2v) is 10.7. The van der Waals surface area contributed by atoms with Crippen LogP contribution in [0.25, 0.3) is 0 Å². The number of carbonyl (C=O) groups excluding carboxylic acids is 3. The van der Waals surface area contributed by atoms with Crippen LogP contribution in [0.3, 0.4) is 0 Å². The lowest BCUT2D eigenvalue weighted by atomic mass is 9.69. The molecule has 0 aliphatic rings. The molecule has 2 unspecified atom stereocenters. The molecule has 0 fully saturated rings. The highest BCUT2D eigenvalue weighted by Gasteiger charge is 2.30. The van der Waals surface area contributed by atoms with Gasteiger partial charge in [-0.3, -0.25) is 14.4 Å². The van der Waals surface area contributed by atoms with Crippen LogP contribution in [0.4, 0.5) is 0 Å². The number of nitrogens with zero attached hydrogens (tertiary/aromatic N) is 2. The Morgan fingerprint density at radius 2 is 1.61 bits per heavy atom. The summed E-state index contributed by atoms with van der Waals surface area (Å²) >= 11 is 0. The maximum atomic E-state index is 12.4. The highest BCUT2D eigenvalue weighted by Crippen LogP contribution is 2.41. The summed E-state index contributed by atoms with van der Waals surface area (Å²) in [5, 5.41) is 13.0. The van der Waals surface area contributed by atoms with Gasteiger partial charge in [0.25, 0.3) is 0 Å². The van der Waals surface area contributed by atoms with Crippen LogP contribution in [-0.4, -0.2) is 30.2 Å². The number of hydrogen-bond donors (Lipinski definition) is 0. The molecule has 0 aliphatic heterocycles. The molecule has 2 aromatic carbocycles. The topological polar surface area (TPSA) is 96.6 Å². The lowest BCUT2D eigenvalue weighted by Crippen LogP contribution is -2.25. The van der Waals surface area contributed by atoms with Gasteiger partial charge in [0.15, 0.2) is 12.3 Å². The quantitative estimate of drug-likeness (QED) is 0.159. The predicted octanol–water partition coefficient (Wildman–Crippen LogP) is 5.94. The van der Waals surface area contributed by atoms with Crippen molar-refractivity contribution in [3.05, 3.63) is 70.8 Å². The molecular formula is C30H36N2O4. The van der Waals surface area contributed by atoms with Gasteiger partial charge >= 0.3 is 0 Å². The number of ketones is 2. The Labute approximate surface area is 214 Å². The Bertz CT molecular complexity index is 1120. The molecule has 0 spiro atoms. The zero-order valence-corrected chi connectivity index (χ0v) is 22.1. The minimum atomic E-state index is -0.713. The van der Waals surface area contributed by atoms with Crippen molar-refractivity contribution in [2.75, 3.05) is 6.61 Å². The second kappa shape index (κ2) is 12.9. The monoisotopic (exact) mass is 488 g/mol. The van der Waals surface area contributed by atoms with Crippen LogP contribution in [0.15, 0.2) is 53.7 Å². The van der Waals surface area contributed by atoms with E-state index in [2.05, 4.69) is 58.8 Å². The first-order chi connectivity index (χ1) is 17.0. The summed E-state index contributed by atoms with van der Waals surface area (Å²) in [6.45, 7) is 13.0. The number of benzene rings is 2. The maximum Gasteiger partial charge on any atom is 0.238 e. The van der Waals surface area contributed by atoms with E-state index in [1.807, 2.05) is 18.2 Å². The number of rotatable bonds is 12. The van der Waals surface area contributed by atoms with Crippen LogP contribution in [0.1, 0.15) is 80.9 Å². The van der Waals surface area contributed by atoms with Crippen molar-refractivity contribution in [3.8, 4) is 6.07 Å². The molecule has 0 saturated carbocycles. The summed E-state index contributed by atoms with van der Waals surface area (Å²) in [7, 11) is 0. The van der Waals surface area contributed by atoms with Crippen LogP contribution < -0.4 is 0 Å². The molecule has 0 amide bonds. The average molecular weight is 489 g/mol. The van der Waals surface area contributed by atoms with E-state index in [1.165, 1.54) is 5.56 Å².